The molecular formula is C15H20N2O5. The standard InChI is InChI=1S/C15H20N2O5/c1-10(2)17(8-7-14(19)20)15(21)11-3-5-12(6-4-11)22-9-13(16)18/h3-6,10H,7-9H2,1-2H3,(H2,16,18)(H,19,20). The van der Waals surface area contributed by atoms with Gasteiger partial charge in [-0.15, -0.1) is 0 Å². The molecule has 1 rings (SSSR count). The van der Waals surface area contributed by atoms with Crippen LogP contribution in [-0.4, -0.2) is 47.0 Å². The van der Waals surface area contributed by atoms with E-state index >= 15 is 0 Å². The third-order valence-electron chi connectivity index (χ3n) is 2.93. The van der Waals surface area contributed by atoms with Gasteiger partial charge in [-0.25, -0.2) is 0 Å². The Morgan fingerprint density at radius 1 is 1.23 bits per heavy atom. The highest BCUT2D eigenvalue weighted by Gasteiger charge is 2.19. The van der Waals surface area contributed by atoms with Crippen molar-refractivity contribution in [3.05, 3.63) is 29.8 Å². The fourth-order valence-electron chi connectivity index (χ4n) is 1.82. The Kier molecular flexibility index (Phi) is 6.37. The van der Waals surface area contributed by atoms with Gasteiger partial charge in [0.15, 0.2) is 6.61 Å². The molecule has 0 saturated heterocycles. The van der Waals surface area contributed by atoms with Crippen molar-refractivity contribution in [2.24, 2.45) is 5.73 Å². The smallest absolute Gasteiger partial charge is 0.305 e. The number of hydrogen-bond donors (Lipinski definition) is 2. The van der Waals surface area contributed by atoms with Crippen molar-refractivity contribution < 1.29 is 24.2 Å². The Hall–Kier alpha value is -2.57. The first-order valence-corrected chi connectivity index (χ1v) is 6.85. The van der Waals surface area contributed by atoms with Gasteiger partial charge in [0, 0.05) is 18.2 Å². The van der Waals surface area contributed by atoms with Crippen molar-refractivity contribution in [3.8, 4) is 5.75 Å². The Morgan fingerprint density at radius 3 is 2.27 bits per heavy atom. The molecule has 3 N–H and O–H groups in total. The summed E-state index contributed by atoms with van der Waals surface area (Å²) in [5, 5.41) is 8.74. The number of primary amides is 1. The minimum atomic E-state index is -0.950. The first-order chi connectivity index (χ1) is 10.3. The van der Waals surface area contributed by atoms with Gasteiger partial charge in [0.05, 0.1) is 6.42 Å². The van der Waals surface area contributed by atoms with Gasteiger partial charge >= 0.3 is 5.97 Å². The second-order valence-corrected chi connectivity index (χ2v) is 5.02. The van der Waals surface area contributed by atoms with Crippen LogP contribution < -0.4 is 10.5 Å². The summed E-state index contributed by atoms with van der Waals surface area (Å²) in [4.78, 5) is 35.2. The summed E-state index contributed by atoms with van der Waals surface area (Å²) in [7, 11) is 0. The van der Waals surface area contributed by atoms with E-state index in [0.29, 0.717) is 11.3 Å². The molecule has 0 aliphatic carbocycles. The maximum atomic E-state index is 12.4. The van der Waals surface area contributed by atoms with Gasteiger partial charge in [0.2, 0.25) is 0 Å². The van der Waals surface area contributed by atoms with Gasteiger partial charge in [-0.1, -0.05) is 0 Å². The molecule has 0 aliphatic rings. The predicted octanol–water partition coefficient (Wildman–Crippen LogP) is 0.876. The van der Waals surface area contributed by atoms with Crippen LogP contribution in [0.5, 0.6) is 5.75 Å². The second kappa shape index (κ2) is 8.02. The highest BCUT2D eigenvalue weighted by Crippen LogP contribution is 2.15. The molecule has 0 heterocycles. The van der Waals surface area contributed by atoms with E-state index in [-0.39, 0.29) is 31.5 Å². The minimum absolute atomic E-state index is 0.107. The van der Waals surface area contributed by atoms with Crippen molar-refractivity contribution >= 4 is 17.8 Å². The van der Waals surface area contributed by atoms with Gasteiger partial charge in [0.25, 0.3) is 11.8 Å². The largest absolute Gasteiger partial charge is 0.484 e. The van der Waals surface area contributed by atoms with Gasteiger partial charge in [-0.05, 0) is 38.1 Å². The SMILES string of the molecule is CC(C)N(CCC(=O)O)C(=O)c1ccc(OCC(N)=O)cc1. The molecule has 120 valence electrons. The molecule has 1 aromatic carbocycles. The molecule has 0 radical (unpaired) electrons. The quantitative estimate of drug-likeness (QED) is 0.740. The van der Waals surface area contributed by atoms with Gasteiger partial charge in [-0.2, -0.15) is 0 Å². The number of amides is 2. The van der Waals surface area contributed by atoms with E-state index in [2.05, 4.69) is 0 Å². The first kappa shape index (κ1) is 17.5. The Morgan fingerprint density at radius 2 is 1.82 bits per heavy atom. The van der Waals surface area contributed by atoms with Crippen molar-refractivity contribution in [3.63, 3.8) is 0 Å². The number of nitrogens with zero attached hydrogens (tertiary/aromatic N) is 1. The number of rotatable bonds is 8. The van der Waals surface area contributed by atoms with Crippen molar-refractivity contribution in [2.75, 3.05) is 13.2 Å². The molecule has 0 saturated carbocycles. The van der Waals surface area contributed by atoms with E-state index < -0.39 is 11.9 Å². The summed E-state index contributed by atoms with van der Waals surface area (Å²) in [6.07, 6.45) is -0.107. The number of nitrogens with two attached hydrogens (primary N) is 1. The lowest BCUT2D eigenvalue weighted by molar-refractivity contribution is -0.137. The molecule has 7 nitrogen and oxygen atoms in total. The van der Waals surface area contributed by atoms with Crippen LogP contribution in [0.2, 0.25) is 0 Å². The highest BCUT2D eigenvalue weighted by molar-refractivity contribution is 5.94. The number of aliphatic carboxylic acids is 1. The zero-order valence-corrected chi connectivity index (χ0v) is 12.6. The molecule has 0 aliphatic heterocycles. The van der Waals surface area contributed by atoms with E-state index in [1.807, 2.05) is 13.8 Å². The normalized spacial score (nSPS) is 10.3. The number of carbonyl (C=O) groups is 3. The molecule has 1 aromatic rings. The molecule has 0 unspecified atom stereocenters. The molecule has 7 heteroatoms. The third-order valence-corrected chi connectivity index (χ3v) is 2.93. The third kappa shape index (κ3) is 5.43. The summed E-state index contributed by atoms with van der Waals surface area (Å²) in [5.74, 6) is -1.36. The molecule has 22 heavy (non-hydrogen) atoms. The van der Waals surface area contributed by atoms with Crippen LogP contribution in [0.25, 0.3) is 0 Å². The Bertz CT molecular complexity index is 539. The number of ether oxygens (including phenoxy) is 1. The van der Waals surface area contributed by atoms with Gasteiger partial charge in [0.1, 0.15) is 5.75 Å². The fraction of sp³-hybridized carbons (Fsp3) is 0.400. The zero-order valence-electron chi connectivity index (χ0n) is 12.6. The second-order valence-electron chi connectivity index (χ2n) is 5.02. The number of carboxylic acids is 1. The molecule has 0 fully saturated rings. The van der Waals surface area contributed by atoms with Gasteiger partial charge < -0.3 is 20.5 Å². The number of carbonyl (C=O) groups excluding carboxylic acids is 2. The van der Waals surface area contributed by atoms with Crippen LogP contribution in [0.4, 0.5) is 0 Å². The number of benzene rings is 1. The maximum Gasteiger partial charge on any atom is 0.305 e. The van der Waals surface area contributed by atoms with E-state index in [0.717, 1.165) is 0 Å². The lowest BCUT2D eigenvalue weighted by atomic mass is 10.1. The maximum absolute atomic E-state index is 12.4. The van der Waals surface area contributed by atoms with Gasteiger partial charge in [-0.3, -0.25) is 14.4 Å². The van der Waals surface area contributed by atoms with E-state index in [1.54, 1.807) is 24.3 Å². The Labute approximate surface area is 128 Å². The highest BCUT2D eigenvalue weighted by atomic mass is 16.5. The summed E-state index contributed by atoms with van der Waals surface area (Å²) < 4.78 is 5.11. The monoisotopic (exact) mass is 308 g/mol. The van der Waals surface area contributed by atoms with Crippen molar-refractivity contribution in [1.29, 1.82) is 0 Å². The van der Waals surface area contributed by atoms with Crippen LogP contribution in [0.1, 0.15) is 30.6 Å². The molecule has 0 aromatic heterocycles. The topological polar surface area (TPSA) is 110 Å². The van der Waals surface area contributed by atoms with Crippen molar-refractivity contribution in [1.82, 2.24) is 4.90 Å². The number of hydrogen-bond acceptors (Lipinski definition) is 4. The summed E-state index contributed by atoms with van der Waals surface area (Å²) in [6, 6.07) is 6.14. The summed E-state index contributed by atoms with van der Waals surface area (Å²) in [5.41, 5.74) is 5.40. The summed E-state index contributed by atoms with van der Waals surface area (Å²) >= 11 is 0. The minimum Gasteiger partial charge on any atom is -0.484 e. The van der Waals surface area contributed by atoms with E-state index in [1.165, 1.54) is 4.90 Å². The number of carboxylic acid groups (broad SMARTS) is 1. The molecule has 0 atom stereocenters. The average molecular weight is 308 g/mol. The summed E-state index contributed by atoms with van der Waals surface area (Å²) in [6.45, 7) is 3.56. The first-order valence-electron chi connectivity index (χ1n) is 6.85. The lowest BCUT2D eigenvalue weighted by Crippen LogP contribution is -2.38. The van der Waals surface area contributed by atoms with Crippen LogP contribution >= 0.6 is 0 Å². The van der Waals surface area contributed by atoms with Crippen LogP contribution in [0, 0.1) is 0 Å². The van der Waals surface area contributed by atoms with E-state index in [9.17, 15) is 14.4 Å². The lowest BCUT2D eigenvalue weighted by Gasteiger charge is -2.26. The van der Waals surface area contributed by atoms with Crippen LogP contribution in [-0.2, 0) is 9.59 Å². The average Bonchev–Trinajstić information content (AvgIpc) is 2.45. The van der Waals surface area contributed by atoms with Crippen LogP contribution in [0.3, 0.4) is 0 Å². The molecular weight excluding hydrogens is 288 g/mol. The molecule has 0 bridgehead atoms. The predicted molar refractivity (Wildman–Crippen MR) is 79.6 cm³/mol. The van der Waals surface area contributed by atoms with Crippen LogP contribution in [0.15, 0.2) is 24.3 Å². The Balaban J connectivity index is 2.77. The van der Waals surface area contributed by atoms with E-state index in [4.69, 9.17) is 15.6 Å². The van der Waals surface area contributed by atoms with Crippen molar-refractivity contribution in [2.45, 2.75) is 26.3 Å². The zero-order chi connectivity index (χ0) is 16.7. The fourth-order valence-corrected chi connectivity index (χ4v) is 1.82. The molecule has 2 amide bonds. The molecule has 0 spiro atoms.